The smallest absolute Gasteiger partial charge is 0.337 e. The molecule has 0 aliphatic heterocycles. The van der Waals surface area contributed by atoms with E-state index in [0.29, 0.717) is 18.5 Å². The minimum Gasteiger partial charge on any atom is -0.478 e. The molecule has 4 nitrogen and oxygen atoms in total. The number of aryl methyl sites for hydroxylation is 1. The number of carbonyl (C=O) groups excluding carboxylic acids is 1. The van der Waals surface area contributed by atoms with Gasteiger partial charge in [-0.05, 0) is 36.2 Å². The molecule has 0 atom stereocenters. The van der Waals surface area contributed by atoms with E-state index >= 15 is 0 Å². The zero-order valence-electron chi connectivity index (χ0n) is 13.4. The SMILES string of the molecule is O=C(CCc1ccc(-c2ccccc2)s1)Nc1ccccc1C(=O)O. The third-order valence-corrected chi connectivity index (χ3v) is 4.94. The highest BCUT2D eigenvalue weighted by Gasteiger charge is 2.12. The minimum atomic E-state index is -1.05. The van der Waals surface area contributed by atoms with Crippen LogP contribution in [0.25, 0.3) is 10.4 Å². The highest BCUT2D eigenvalue weighted by Crippen LogP contribution is 2.28. The lowest BCUT2D eigenvalue weighted by atomic mass is 10.1. The molecule has 0 fully saturated rings. The Morgan fingerprint density at radius 2 is 1.64 bits per heavy atom. The summed E-state index contributed by atoms with van der Waals surface area (Å²) in [7, 11) is 0. The van der Waals surface area contributed by atoms with Crippen LogP contribution in [-0.4, -0.2) is 17.0 Å². The lowest BCUT2D eigenvalue weighted by Gasteiger charge is -2.07. The first-order valence-corrected chi connectivity index (χ1v) is 8.71. The lowest BCUT2D eigenvalue weighted by molar-refractivity contribution is -0.116. The van der Waals surface area contributed by atoms with Gasteiger partial charge in [0.05, 0.1) is 11.3 Å². The van der Waals surface area contributed by atoms with Crippen LogP contribution in [0.1, 0.15) is 21.7 Å². The molecule has 1 amide bonds. The highest BCUT2D eigenvalue weighted by molar-refractivity contribution is 7.15. The first-order chi connectivity index (χ1) is 12.1. The first kappa shape index (κ1) is 16.9. The normalized spacial score (nSPS) is 10.4. The van der Waals surface area contributed by atoms with Gasteiger partial charge in [-0.15, -0.1) is 11.3 Å². The van der Waals surface area contributed by atoms with Gasteiger partial charge in [-0.1, -0.05) is 42.5 Å². The minimum absolute atomic E-state index is 0.0957. The second-order valence-electron chi connectivity index (χ2n) is 5.53. The number of carboxylic acid groups (broad SMARTS) is 1. The van der Waals surface area contributed by atoms with Crippen molar-refractivity contribution >= 4 is 28.9 Å². The van der Waals surface area contributed by atoms with E-state index in [9.17, 15) is 9.59 Å². The second-order valence-corrected chi connectivity index (χ2v) is 6.70. The van der Waals surface area contributed by atoms with E-state index in [1.54, 1.807) is 29.5 Å². The molecule has 0 bridgehead atoms. The van der Waals surface area contributed by atoms with E-state index in [2.05, 4.69) is 23.5 Å². The van der Waals surface area contributed by atoms with Gasteiger partial charge in [0.25, 0.3) is 0 Å². The molecule has 0 saturated heterocycles. The van der Waals surface area contributed by atoms with Gasteiger partial charge in [0.1, 0.15) is 0 Å². The topological polar surface area (TPSA) is 66.4 Å². The van der Waals surface area contributed by atoms with Crippen LogP contribution in [0.15, 0.2) is 66.7 Å². The molecule has 0 aliphatic carbocycles. The summed E-state index contributed by atoms with van der Waals surface area (Å²) in [6, 6.07) is 20.6. The standard InChI is InChI=1S/C20H17NO3S/c22-19(21-17-9-5-4-8-16(17)20(23)24)13-11-15-10-12-18(25-15)14-6-2-1-3-7-14/h1-10,12H,11,13H2,(H,21,22)(H,23,24). The van der Waals surface area contributed by atoms with Crippen LogP contribution in [0.2, 0.25) is 0 Å². The van der Waals surface area contributed by atoms with Crippen LogP contribution >= 0.6 is 11.3 Å². The Bertz CT molecular complexity index is 887. The van der Waals surface area contributed by atoms with Crippen molar-refractivity contribution in [1.29, 1.82) is 0 Å². The number of thiophene rings is 1. The predicted octanol–water partition coefficient (Wildman–Crippen LogP) is 4.68. The highest BCUT2D eigenvalue weighted by atomic mass is 32.1. The summed E-state index contributed by atoms with van der Waals surface area (Å²) in [4.78, 5) is 25.6. The maximum Gasteiger partial charge on any atom is 0.337 e. The summed E-state index contributed by atoms with van der Waals surface area (Å²) in [6.07, 6.45) is 0.932. The van der Waals surface area contributed by atoms with Crippen LogP contribution in [0.3, 0.4) is 0 Å². The number of para-hydroxylation sites is 1. The van der Waals surface area contributed by atoms with Gasteiger partial charge in [0.15, 0.2) is 0 Å². The molecule has 126 valence electrons. The number of nitrogens with one attached hydrogen (secondary N) is 1. The number of benzene rings is 2. The van der Waals surface area contributed by atoms with E-state index in [0.717, 1.165) is 4.88 Å². The Morgan fingerprint density at radius 1 is 0.920 bits per heavy atom. The van der Waals surface area contributed by atoms with E-state index in [-0.39, 0.29) is 11.5 Å². The Kier molecular flexibility index (Phi) is 5.26. The largest absolute Gasteiger partial charge is 0.478 e. The number of carboxylic acids is 1. The molecule has 1 aromatic heterocycles. The zero-order chi connectivity index (χ0) is 17.6. The maximum atomic E-state index is 12.1. The molecule has 0 aliphatic rings. The summed E-state index contributed by atoms with van der Waals surface area (Å²) in [5.41, 5.74) is 1.59. The number of carbonyl (C=O) groups is 2. The Balaban J connectivity index is 1.60. The van der Waals surface area contributed by atoms with Crippen molar-refractivity contribution in [2.75, 3.05) is 5.32 Å². The van der Waals surface area contributed by atoms with E-state index < -0.39 is 5.97 Å². The fourth-order valence-electron chi connectivity index (χ4n) is 2.50. The third kappa shape index (κ3) is 4.33. The average molecular weight is 351 g/mol. The number of hydrogen-bond acceptors (Lipinski definition) is 3. The van der Waals surface area contributed by atoms with Crippen molar-refractivity contribution in [3.63, 3.8) is 0 Å². The fraction of sp³-hybridized carbons (Fsp3) is 0.100. The van der Waals surface area contributed by atoms with Gasteiger partial charge in [0, 0.05) is 16.2 Å². The molecule has 25 heavy (non-hydrogen) atoms. The number of aromatic carboxylic acids is 1. The molecule has 0 radical (unpaired) electrons. The van der Waals surface area contributed by atoms with Crippen molar-refractivity contribution in [3.8, 4) is 10.4 Å². The molecule has 2 aromatic carbocycles. The van der Waals surface area contributed by atoms with Gasteiger partial charge < -0.3 is 10.4 Å². The average Bonchev–Trinajstić information content (AvgIpc) is 3.10. The van der Waals surface area contributed by atoms with Gasteiger partial charge in [-0.2, -0.15) is 0 Å². The van der Waals surface area contributed by atoms with Crippen molar-refractivity contribution in [2.45, 2.75) is 12.8 Å². The molecular formula is C20H17NO3S. The summed E-state index contributed by atoms with van der Waals surface area (Å²) >= 11 is 1.67. The second kappa shape index (κ2) is 7.77. The predicted molar refractivity (Wildman–Crippen MR) is 100 cm³/mol. The summed E-state index contributed by atoms with van der Waals surface area (Å²) < 4.78 is 0. The van der Waals surface area contributed by atoms with Crippen molar-refractivity contribution < 1.29 is 14.7 Å². The molecule has 5 heteroatoms. The number of hydrogen-bond donors (Lipinski definition) is 2. The van der Waals surface area contributed by atoms with Crippen molar-refractivity contribution in [1.82, 2.24) is 0 Å². The number of anilines is 1. The van der Waals surface area contributed by atoms with Crippen LogP contribution in [0.5, 0.6) is 0 Å². The van der Waals surface area contributed by atoms with Crippen LogP contribution < -0.4 is 5.32 Å². The molecule has 0 unspecified atom stereocenters. The molecule has 3 aromatic rings. The van der Waals surface area contributed by atoms with Gasteiger partial charge in [-0.3, -0.25) is 4.79 Å². The van der Waals surface area contributed by atoms with Crippen molar-refractivity contribution in [3.05, 3.63) is 77.2 Å². The fourth-order valence-corrected chi connectivity index (χ4v) is 3.51. The van der Waals surface area contributed by atoms with Crippen LogP contribution in [0, 0.1) is 0 Å². The maximum absolute atomic E-state index is 12.1. The lowest BCUT2D eigenvalue weighted by Crippen LogP contribution is -2.14. The van der Waals surface area contributed by atoms with Crippen LogP contribution in [-0.2, 0) is 11.2 Å². The Hall–Kier alpha value is -2.92. The van der Waals surface area contributed by atoms with Gasteiger partial charge in [-0.25, -0.2) is 4.79 Å². The molecular weight excluding hydrogens is 334 g/mol. The molecule has 0 spiro atoms. The number of amides is 1. The summed E-state index contributed by atoms with van der Waals surface area (Å²) in [6.45, 7) is 0. The molecule has 2 N–H and O–H groups in total. The third-order valence-electron chi connectivity index (χ3n) is 3.75. The molecule has 0 saturated carbocycles. The monoisotopic (exact) mass is 351 g/mol. The summed E-state index contributed by atoms with van der Waals surface area (Å²) in [5, 5.41) is 11.8. The zero-order valence-corrected chi connectivity index (χ0v) is 14.3. The van der Waals surface area contributed by atoms with E-state index in [1.807, 2.05) is 24.3 Å². The quantitative estimate of drug-likeness (QED) is 0.677. The van der Waals surface area contributed by atoms with Gasteiger partial charge >= 0.3 is 5.97 Å². The van der Waals surface area contributed by atoms with E-state index in [4.69, 9.17) is 5.11 Å². The number of rotatable bonds is 6. The summed E-state index contributed by atoms with van der Waals surface area (Å²) in [5.74, 6) is -1.25. The molecule has 1 heterocycles. The van der Waals surface area contributed by atoms with Crippen LogP contribution in [0.4, 0.5) is 5.69 Å². The van der Waals surface area contributed by atoms with E-state index in [1.165, 1.54) is 16.5 Å². The Morgan fingerprint density at radius 3 is 2.40 bits per heavy atom. The molecule has 3 rings (SSSR count). The van der Waals surface area contributed by atoms with Gasteiger partial charge in [0.2, 0.25) is 5.91 Å². The van der Waals surface area contributed by atoms with Crippen molar-refractivity contribution in [2.24, 2.45) is 0 Å². The first-order valence-electron chi connectivity index (χ1n) is 7.90. The Labute approximate surface area is 149 Å².